The van der Waals surface area contributed by atoms with Crippen LogP contribution < -0.4 is 5.32 Å². The van der Waals surface area contributed by atoms with Gasteiger partial charge in [0.15, 0.2) is 0 Å². The zero-order valence-electron chi connectivity index (χ0n) is 11.2. The Balaban J connectivity index is 1.85. The Bertz CT molecular complexity index is 772. The zero-order valence-corrected chi connectivity index (χ0v) is 12.0. The highest BCUT2D eigenvalue weighted by Gasteiger charge is 2.13. The molecule has 3 rings (SSSR count). The molecule has 0 aliphatic rings. The smallest absolute Gasteiger partial charge is 0.278 e. The topological polar surface area (TPSA) is 68.1 Å². The molecule has 0 saturated carbocycles. The monoisotopic (exact) mass is 299 g/mol. The van der Waals surface area contributed by atoms with Crippen molar-refractivity contribution in [1.29, 1.82) is 0 Å². The van der Waals surface area contributed by atoms with Gasteiger partial charge in [0.05, 0.1) is 10.3 Å². The zero-order chi connectivity index (χ0) is 14.7. The number of hydrogen-bond acceptors (Lipinski definition) is 5. The molecule has 2 aromatic heterocycles. The van der Waals surface area contributed by atoms with Gasteiger partial charge < -0.3 is 5.32 Å². The van der Waals surface area contributed by atoms with E-state index in [9.17, 15) is 10.1 Å². The average Bonchev–Trinajstić information content (AvgIpc) is 3.00. The van der Waals surface area contributed by atoms with Crippen LogP contribution in [0.15, 0.2) is 48.1 Å². The van der Waals surface area contributed by atoms with Crippen molar-refractivity contribution in [2.45, 2.75) is 6.42 Å². The van der Waals surface area contributed by atoms with E-state index in [1.54, 1.807) is 29.7 Å². The lowest BCUT2D eigenvalue weighted by molar-refractivity contribution is -0.383. The second-order valence-corrected chi connectivity index (χ2v) is 5.60. The normalized spacial score (nSPS) is 10.7. The summed E-state index contributed by atoms with van der Waals surface area (Å²) >= 11 is 1.73. The number of fused-ring (bicyclic) bond motifs is 1. The van der Waals surface area contributed by atoms with E-state index >= 15 is 0 Å². The first kappa shape index (κ1) is 13.5. The molecule has 5 nitrogen and oxygen atoms in total. The molecule has 1 aromatic carbocycles. The number of nitrogens with zero attached hydrogens (tertiary/aromatic N) is 2. The van der Waals surface area contributed by atoms with Gasteiger partial charge in [-0.05, 0) is 30.0 Å². The number of aromatic nitrogens is 1. The van der Waals surface area contributed by atoms with E-state index in [0.29, 0.717) is 5.39 Å². The lowest BCUT2D eigenvalue weighted by Gasteiger charge is -2.09. The summed E-state index contributed by atoms with van der Waals surface area (Å²) in [5.41, 5.74) is 0.983. The van der Waals surface area contributed by atoms with Crippen LogP contribution in [0.2, 0.25) is 0 Å². The third-order valence-electron chi connectivity index (χ3n) is 3.26. The fourth-order valence-corrected chi connectivity index (χ4v) is 2.97. The fourth-order valence-electron chi connectivity index (χ4n) is 2.26. The molecule has 106 valence electrons. The van der Waals surface area contributed by atoms with Gasteiger partial charge in [-0.15, -0.1) is 11.3 Å². The molecule has 0 fully saturated rings. The Morgan fingerprint density at radius 2 is 2.14 bits per heavy atom. The van der Waals surface area contributed by atoms with Crippen LogP contribution in [0.3, 0.4) is 0 Å². The van der Waals surface area contributed by atoms with Crippen LogP contribution in [0.4, 0.5) is 11.4 Å². The molecule has 0 bridgehead atoms. The number of pyridine rings is 1. The van der Waals surface area contributed by atoms with Crippen molar-refractivity contribution >= 4 is 33.5 Å². The molecule has 0 aliphatic carbocycles. The minimum atomic E-state index is -0.376. The van der Waals surface area contributed by atoms with Crippen molar-refractivity contribution in [2.24, 2.45) is 0 Å². The Labute approximate surface area is 125 Å². The summed E-state index contributed by atoms with van der Waals surface area (Å²) < 4.78 is 0. The Hall–Kier alpha value is -2.47. The molecule has 0 radical (unpaired) electrons. The highest BCUT2D eigenvalue weighted by atomic mass is 32.1. The number of thiophene rings is 1. The van der Waals surface area contributed by atoms with Crippen molar-refractivity contribution < 1.29 is 4.92 Å². The molecule has 0 atom stereocenters. The van der Waals surface area contributed by atoms with Crippen molar-refractivity contribution in [3.05, 3.63) is 63.1 Å². The minimum absolute atomic E-state index is 0.0851. The van der Waals surface area contributed by atoms with Gasteiger partial charge in [0, 0.05) is 41.0 Å². The summed E-state index contributed by atoms with van der Waals surface area (Å²) in [6, 6.07) is 9.22. The SMILES string of the molecule is O=[N+]([O-])c1ccc(NCCc2cccs2)c2ccncc12. The maximum atomic E-state index is 11.1. The van der Waals surface area contributed by atoms with E-state index in [2.05, 4.69) is 21.7 Å². The lowest BCUT2D eigenvalue weighted by Crippen LogP contribution is -2.04. The van der Waals surface area contributed by atoms with Crippen molar-refractivity contribution in [2.75, 3.05) is 11.9 Å². The van der Waals surface area contributed by atoms with Crippen LogP contribution in [0.5, 0.6) is 0 Å². The van der Waals surface area contributed by atoms with E-state index in [-0.39, 0.29) is 10.6 Å². The number of nitrogens with one attached hydrogen (secondary N) is 1. The minimum Gasteiger partial charge on any atom is -0.384 e. The second kappa shape index (κ2) is 5.88. The van der Waals surface area contributed by atoms with Gasteiger partial charge >= 0.3 is 0 Å². The van der Waals surface area contributed by atoms with Gasteiger partial charge in [0.1, 0.15) is 0 Å². The molecule has 3 aromatic rings. The fraction of sp³-hybridized carbons (Fsp3) is 0.133. The number of non-ortho nitro benzene ring substituents is 1. The molecule has 1 N–H and O–H groups in total. The molecule has 0 amide bonds. The largest absolute Gasteiger partial charge is 0.384 e. The van der Waals surface area contributed by atoms with Gasteiger partial charge in [-0.3, -0.25) is 15.1 Å². The molecule has 0 aliphatic heterocycles. The predicted molar refractivity (Wildman–Crippen MR) is 84.9 cm³/mol. The van der Waals surface area contributed by atoms with Crippen molar-refractivity contribution in [3.8, 4) is 0 Å². The first-order valence-corrected chi connectivity index (χ1v) is 7.41. The van der Waals surface area contributed by atoms with Crippen LogP contribution in [0.25, 0.3) is 10.8 Å². The Kier molecular flexibility index (Phi) is 3.79. The number of hydrogen-bond donors (Lipinski definition) is 1. The number of benzene rings is 1. The summed E-state index contributed by atoms with van der Waals surface area (Å²) in [6.07, 6.45) is 4.12. The van der Waals surface area contributed by atoms with Crippen LogP contribution in [0, 0.1) is 10.1 Å². The quantitative estimate of drug-likeness (QED) is 0.574. The Morgan fingerprint density at radius 1 is 1.24 bits per heavy atom. The van der Waals surface area contributed by atoms with Crippen LogP contribution in [-0.4, -0.2) is 16.5 Å². The molecule has 6 heteroatoms. The highest BCUT2D eigenvalue weighted by molar-refractivity contribution is 7.09. The lowest BCUT2D eigenvalue weighted by atomic mass is 10.1. The number of anilines is 1. The first-order chi connectivity index (χ1) is 10.3. The predicted octanol–water partition coefficient (Wildman–Crippen LogP) is 3.86. The van der Waals surface area contributed by atoms with Crippen LogP contribution >= 0.6 is 11.3 Å². The molecule has 2 heterocycles. The highest BCUT2D eigenvalue weighted by Crippen LogP contribution is 2.30. The molecule has 0 spiro atoms. The number of rotatable bonds is 5. The van der Waals surface area contributed by atoms with Crippen molar-refractivity contribution in [1.82, 2.24) is 4.98 Å². The Morgan fingerprint density at radius 3 is 2.90 bits per heavy atom. The van der Waals surface area contributed by atoms with E-state index in [1.807, 2.05) is 6.07 Å². The van der Waals surface area contributed by atoms with Gasteiger partial charge in [-0.1, -0.05) is 6.07 Å². The standard InChI is InChI=1S/C15H13N3O2S/c19-18(20)15-4-3-14(12-6-7-16-10-13(12)15)17-8-5-11-2-1-9-21-11/h1-4,6-7,9-10,17H,5,8H2. The van der Waals surface area contributed by atoms with Gasteiger partial charge in [-0.25, -0.2) is 0 Å². The number of nitro groups is 1. The molecule has 21 heavy (non-hydrogen) atoms. The summed E-state index contributed by atoms with van der Waals surface area (Å²) in [4.78, 5) is 16.0. The van der Waals surface area contributed by atoms with Gasteiger partial charge in [0.2, 0.25) is 0 Å². The summed E-state index contributed by atoms with van der Waals surface area (Å²) in [5.74, 6) is 0. The van der Waals surface area contributed by atoms with E-state index in [0.717, 1.165) is 24.0 Å². The van der Waals surface area contributed by atoms with Crippen LogP contribution in [0.1, 0.15) is 4.88 Å². The first-order valence-electron chi connectivity index (χ1n) is 6.53. The molecular weight excluding hydrogens is 286 g/mol. The summed E-state index contributed by atoms with van der Waals surface area (Å²) in [7, 11) is 0. The third kappa shape index (κ3) is 2.85. The van der Waals surface area contributed by atoms with Gasteiger partial charge in [-0.2, -0.15) is 0 Å². The number of nitro benzene ring substituents is 1. The van der Waals surface area contributed by atoms with E-state index in [4.69, 9.17) is 0 Å². The summed E-state index contributed by atoms with van der Waals surface area (Å²) in [5, 5.41) is 17.8. The third-order valence-corrected chi connectivity index (χ3v) is 4.19. The second-order valence-electron chi connectivity index (χ2n) is 4.57. The maximum absolute atomic E-state index is 11.1. The van der Waals surface area contributed by atoms with E-state index in [1.165, 1.54) is 17.1 Å². The molecule has 0 unspecified atom stereocenters. The summed E-state index contributed by atoms with van der Waals surface area (Å²) in [6.45, 7) is 0.787. The van der Waals surface area contributed by atoms with Crippen LogP contribution in [-0.2, 0) is 6.42 Å². The average molecular weight is 299 g/mol. The molecular formula is C15H13N3O2S. The maximum Gasteiger partial charge on any atom is 0.278 e. The molecule has 0 saturated heterocycles. The van der Waals surface area contributed by atoms with Gasteiger partial charge in [0.25, 0.3) is 5.69 Å². The van der Waals surface area contributed by atoms with E-state index < -0.39 is 0 Å². The van der Waals surface area contributed by atoms with Crippen molar-refractivity contribution in [3.63, 3.8) is 0 Å².